The van der Waals surface area contributed by atoms with E-state index in [1.807, 2.05) is 0 Å². The van der Waals surface area contributed by atoms with Crippen LogP contribution in [0.2, 0.25) is 0 Å². The van der Waals surface area contributed by atoms with Gasteiger partial charge in [-0.15, -0.1) is 0 Å². The van der Waals surface area contributed by atoms with Crippen LogP contribution in [0.4, 0.5) is 9.59 Å². The van der Waals surface area contributed by atoms with Gasteiger partial charge in [-0.25, -0.2) is 14.4 Å². The number of rotatable bonds is 18. The lowest BCUT2D eigenvalue weighted by atomic mass is 10.3. The number of carbonyl (C=O) groups is 3. The predicted molar refractivity (Wildman–Crippen MR) is 110 cm³/mol. The van der Waals surface area contributed by atoms with Gasteiger partial charge >= 0.3 is 18.3 Å². The van der Waals surface area contributed by atoms with Crippen molar-refractivity contribution in [3.8, 4) is 0 Å². The van der Waals surface area contributed by atoms with Gasteiger partial charge in [-0.2, -0.15) is 0 Å². The second kappa shape index (κ2) is 18.8. The maximum atomic E-state index is 11.8. The summed E-state index contributed by atoms with van der Waals surface area (Å²) < 4.78 is 34.7. The molecule has 0 aromatic heterocycles. The molecule has 0 aliphatic rings. The molecule has 1 atom stereocenters. The largest absolute Gasteiger partial charge is 0.508 e. The van der Waals surface area contributed by atoms with Gasteiger partial charge < -0.3 is 33.2 Å². The van der Waals surface area contributed by atoms with Crippen LogP contribution in [0.15, 0.2) is 37.8 Å². The van der Waals surface area contributed by atoms with Crippen molar-refractivity contribution in [1.29, 1.82) is 0 Å². The molecular weight excluding hydrogens is 412 g/mol. The lowest BCUT2D eigenvalue weighted by Gasteiger charge is -2.17. The van der Waals surface area contributed by atoms with E-state index in [-0.39, 0.29) is 32.0 Å². The maximum Gasteiger partial charge on any atom is 0.508 e. The van der Waals surface area contributed by atoms with Gasteiger partial charge in [0, 0.05) is 5.57 Å². The van der Waals surface area contributed by atoms with E-state index in [1.54, 1.807) is 0 Å². The first-order valence-corrected chi connectivity index (χ1v) is 9.81. The van der Waals surface area contributed by atoms with Gasteiger partial charge in [0.05, 0.1) is 39.0 Å². The van der Waals surface area contributed by atoms with Crippen molar-refractivity contribution in [3.63, 3.8) is 0 Å². The molecule has 0 saturated heterocycles. The topological polar surface area (TPSA) is 116 Å². The highest BCUT2D eigenvalue weighted by atomic mass is 16.8. The van der Waals surface area contributed by atoms with Crippen LogP contribution in [-0.4, -0.2) is 64.0 Å². The molecule has 0 bridgehead atoms. The average Bonchev–Trinajstić information content (AvgIpc) is 2.74. The van der Waals surface area contributed by atoms with Crippen LogP contribution in [0.25, 0.3) is 0 Å². The van der Waals surface area contributed by atoms with E-state index in [1.165, 1.54) is 19.4 Å². The average molecular weight is 444 g/mol. The summed E-state index contributed by atoms with van der Waals surface area (Å²) >= 11 is 0. The van der Waals surface area contributed by atoms with E-state index in [2.05, 4.69) is 19.7 Å². The SMILES string of the molecule is C=COCCCCOC(=O)OCC(COC(=O)C(=C)C)OC(=O)OCCCCOC=C. The second-order valence-corrected chi connectivity index (χ2v) is 6.12. The third-order valence-corrected chi connectivity index (χ3v) is 3.39. The Labute approximate surface area is 182 Å². The summed E-state index contributed by atoms with van der Waals surface area (Å²) in [6.45, 7) is 12.2. The summed E-state index contributed by atoms with van der Waals surface area (Å²) in [6, 6.07) is 0. The van der Waals surface area contributed by atoms with Gasteiger partial charge in [-0.1, -0.05) is 19.7 Å². The van der Waals surface area contributed by atoms with Crippen molar-refractivity contribution in [2.24, 2.45) is 0 Å². The second-order valence-electron chi connectivity index (χ2n) is 6.12. The zero-order chi connectivity index (χ0) is 23.3. The molecule has 0 saturated carbocycles. The fourth-order valence-corrected chi connectivity index (χ4v) is 1.83. The van der Waals surface area contributed by atoms with Crippen LogP contribution in [0.1, 0.15) is 32.6 Å². The Hall–Kier alpha value is -3.17. The van der Waals surface area contributed by atoms with E-state index in [0.29, 0.717) is 38.9 Å². The lowest BCUT2D eigenvalue weighted by molar-refractivity contribution is -0.143. The predicted octanol–water partition coefficient (Wildman–Crippen LogP) is 3.66. The minimum absolute atomic E-state index is 0.107. The third-order valence-electron chi connectivity index (χ3n) is 3.39. The molecule has 0 aromatic carbocycles. The van der Waals surface area contributed by atoms with Crippen molar-refractivity contribution >= 4 is 18.3 Å². The Balaban J connectivity index is 4.32. The van der Waals surface area contributed by atoms with Crippen LogP contribution in [0.5, 0.6) is 0 Å². The standard InChI is InChI=1S/C21H32O10/c1-5-25-11-7-9-13-27-20(23)30-16-18(15-29-19(22)17(3)4)31-21(24)28-14-10-8-12-26-6-2/h5-6,18H,1-3,7-16H2,4H3. The van der Waals surface area contributed by atoms with Gasteiger partial charge in [-0.3, -0.25) is 0 Å². The number of hydrogen-bond acceptors (Lipinski definition) is 10. The summed E-state index contributed by atoms with van der Waals surface area (Å²) in [5, 5.41) is 0. The molecule has 0 fully saturated rings. The summed E-state index contributed by atoms with van der Waals surface area (Å²) in [5.41, 5.74) is 0.170. The summed E-state index contributed by atoms with van der Waals surface area (Å²) in [7, 11) is 0. The van der Waals surface area contributed by atoms with Crippen LogP contribution in [-0.2, 0) is 38.0 Å². The molecule has 31 heavy (non-hydrogen) atoms. The molecular formula is C21H32O10. The number of unbranched alkanes of at least 4 members (excludes halogenated alkanes) is 2. The molecule has 0 aliphatic heterocycles. The molecule has 0 spiro atoms. The highest BCUT2D eigenvalue weighted by molar-refractivity contribution is 5.86. The van der Waals surface area contributed by atoms with Gasteiger partial charge in [-0.05, 0) is 32.6 Å². The minimum Gasteiger partial charge on any atom is -0.502 e. The summed E-state index contributed by atoms with van der Waals surface area (Å²) in [5.74, 6) is -0.673. The molecule has 0 radical (unpaired) electrons. The monoisotopic (exact) mass is 444 g/mol. The number of hydrogen-bond donors (Lipinski definition) is 0. The highest BCUT2D eigenvalue weighted by Crippen LogP contribution is 2.04. The Morgan fingerprint density at radius 3 is 1.74 bits per heavy atom. The van der Waals surface area contributed by atoms with E-state index >= 15 is 0 Å². The molecule has 176 valence electrons. The summed E-state index contributed by atoms with van der Waals surface area (Å²) in [6.07, 6.45) is 2.12. The lowest BCUT2D eigenvalue weighted by Crippen LogP contribution is -2.31. The van der Waals surface area contributed by atoms with E-state index in [4.69, 9.17) is 33.2 Å². The van der Waals surface area contributed by atoms with Crippen molar-refractivity contribution in [2.45, 2.75) is 38.7 Å². The smallest absolute Gasteiger partial charge is 0.502 e. The van der Waals surface area contributed by atoms with Gasteiger partial charge in [0.15, 0.2) is 6.10 Å². The van der Waals surface area contributed by atoms with Gasteiger partial charge in [0.2, 0.25) is 0 Å². The molecule has 0 N–H and O–H groups in total. The molecule has 0 aromatic rings. The first-order valence-electron chi connectivity index (χ1n) is 9.81. The van der Waals surface area contributed by atoms with Crippen molar-refractivity contribution in [2.75, 3.05) is 39.6 Å². The Kier molecular flexibility index (Phi) is 16.9. The quantitative estimate of drug-likeness (QED) is 0.102. The first-order chi connectivity index (χ1) is 14.9. The molecule has 0 rings (SSSR count). The molecule has 10 heteroatoms. The number of esters is 1. The summed E-state index contributed by atoms with van der Waals surface area (Å²) in [4.78, 5) is 35.0. The van der Waals surface area contributed by atoms with E-state index in [0.717, 1.165) is 0 Å². The highest BCUT2D eigenvalue weighted by Gasteiger charge is 2.21. The van der Waals surface area contributed by atoms with Gasteiger partial charge in [0.1, 0.15) is 13.2 Å². The zero-order valence-electron chi connectivity index (χ0n) is 18.0. The molecule has 0 heterocycles. The van der Waals surface area contributed by atoms with Crippen molar-refractivity contribution < 1.29 is 47.5 Å². The van der Waals surface area contributed by atoms with Crippen LogP contribution >= 0.6 is 0 Å². The zero-order valence-corrected chi connectivity index (χ0v) is 18.0. The molecule has 0 aliphatic carbocycles. The normalized spacial score (nSPS) is 10.7. The Morgan fingerprint density at radius 1 is 0.742 bits per heavy atom. The Morgan fingerprint density at radius 2 is 1.23 bits per heavy atom. The first kappa shape index (κ1) is 27.8. The van der Waals surface area contributed by atoms with Crippen molar-refractivity contribution in [1.82, 2.24) is 0 Å². The fourth-order valence-electron chi connectivity index (χ4n) is 1.83. The van der Waals surface area contributed by atoms with Crippen molar-refractivity contribution in [3.05, 3.63) is 37.8 Å². The maximum absolute atomic E-state index is 11.8. The van der Waals surface area contributed by atoms with Crippen LogP contribution in [0, 0.1) is 0 Å². The van der Waals surface area contributed by atoms with Crippen LogP contribution < -0.4 is 0 Å². The molecule has 10 nitrogen and oxygen atoms in total. The molecule has 1 unspecified atom stereocenters. The minimum atomic E-state index is -1.08. The fraction of sp³-hybridized carbons (Fsp3) is 0.571. The number of carbonyl (C=O) groups excluding carboxylic acids is 3. The van der Waals surface area contributed by atoms with Gasteiger partial charge in [0.25, 0.3) is 0 Å². The Bertz CT molecular complexity index is 573. The molecule has 0 amide bonds. The number of ether oxygens (including phenoxy) is 7. The third kappa shape index (κ3) is 17.4. The van der Waals surface area contributed by atoms with E-state index in [9.17, 15) is 14.4 Å². The van der Waals surface area contributed by atoms with Crippen LogP contribution in [0.3, 0.4) is 0 Å². The van der Waals surface area contributed by atoms with E-state index < -0.39 is 24.4 Å².